The van der Waals surface area contributed by atoms with Crippen molar-refractivity contribution in [1.82, 2.24) is 10.2 Å². The fraction of sp³-hybridized carbons (Fsp3) is 0.818. The number of fused-ring (bicyclic) bond motifs is 2. The Morgan fingerprint density at radius 2 is 2.10 bits per heavy atom. The molecule has 0 aromatic carbocycles. The van der Waals surface area contributed by atoms with Crippen LogP contribution >= 0.6 is 46.6 Å². The number of halogens is 3. The summed E-state index contributed by atoms with van der Waals surface area (Å²) in [4.78, 5) is 23.7. The topological polar surface area (TPSA) is 58.6 Å². The van der Waals surface area contributed by atoms with Crippen LogP contribution in [0.1, 0.15) is 13.8 Å². The molecule has 1 amide bonds. The second-order valence-electron chi connectivity index (χ2n) is 5.56. The number of carbonyl (C=O) groups is 2. The van der Waals surface area contributed by atoms with E-state index in [0.29, 0.717) is 0 Å². The highest BCUT2D eigenvalue weighted by molar-refractivity contribution is 8.01. The maximum Gasteiger partial charge on any atom is 0.336 e. The molecule has 0 aromatic rings. The number of hydrogen-bond acceptors (Lipinski definition) is 5. The van der Waals surface area contributed by atoms with Gasteiger partial charge in [-0.3, -0.25) is 10.1 Å². The van der Waals surface area contributed by atoms with E-state index in [1.165, 1.54) is 23.8 Å². The minimum atomic E-state index is -1.49. The number of methoxy groups -OCH3 is 1. The van der Waals surface area contributed by atoms with Crippen LogP contribution in [0.5, 0.6) is 0 Å². The quantitative estimate of drug-likeness (QED) is 0.349. The van der Waals surface area contributed by atoms with E-state index < -0.39 is 32.1 Å². The molecule has 0 radical (unpaired) electrons. The van der Waals surface area contributed by atoms with Gasteiger partial charge in [-0.2, -0.15) is 0 Å². The molecule has 3 aliphatic rings. The Morgan fingerprint density at radius 3 is 2.60 bits per heavy atom. The highest BCUT2D eigenvalue weighted by atomic mass is 35.5. The molecule has 2 unspecified atom stereocenters. The third-order valence-electron chi connectivity index (χ3n) is 4.36. The van der Waals surface area contributed by atoms with Crippen LogP contribution in [0.25, 0.3) is 0 Å². The van der Waals surface area contributed by atoms with Gasteiger partial charge in [0.05, 0.1) is 7.11 Å². The van der Waals surface area contributed by atoms with Crippen LogP contribution in [0.15, 0.2) is 0 Å². The smallest absolute Gasteiger partial charge is 0.336 e. The lowest BCUT2D eigenvalue weighted by Crippen LogP contribution is -2.91. The number of thioether (sulfide) groups is 1. The molecule has 0 saturated carbocycles. The van der Waals surface area contributed by atoms with Crippen LogP contribution in [0.4, 0.5) is 0 Å². The van der Waals surface area contributed by atoms with Gasteiger partial charge in [0.1, 0.15) is 16.3 Å². The van der Waals surface area contributed by atoms with Gasteiger partial charge in [-0.25, -0.2) is 4.79 Å². The summed E-state index contributed by atoms with van der Waals surface area (Å²) in [7, 11) is 1.26. The Bertz CT molecular complexity index is 517. The van der Waals surface area contributed by atoms with Gasteiger partial charge in [-0.05, 0) is 13.8 Å². The van der Waals surface area contributed by atoms with Crippen molar-refractivity contribution in [2.24, 2.45) is 0 Å². The Kier molecular flexibility index (Phi) is 3.08. The Morgan fingerprint density at radius 1 is 1.50 bits per heavy atom. The number of alkyl halides is 3. The molecule has 3 heterocycles. The number of amides is 1. The third-order valence-corrected chi connectivity index (χ3v) is 7.45. The van der Waals surface area contributed by atoms with Crippen molar-refractivity contribution in [2.75, 3.05) is 7.11 Å². The first-order valence-electron chi connectivity index (χ1n) is 5.99. The van der Waals surface area contributed by atoms with Crippen molar-refractivity contribution in [1.29, 1.82) is 0 Å². The van der Waals surface area contributed by atoms with E-state index in [9.17, 15) is 9.59 Å². The van der Waals surface area contributed by atoms with Crippen LogP contribution in [0.2, 0.25) is 0 Å². The summed E-state index contributed by atoms with van der Waals surface area (Å²) in [6.07, 6.45) is 0. The molecule has 20 heavy (non-hydrogen) atoms. The third kappa shape index (κ3) is 1.29. The van der Waals surface area contributed by atoms with Crippen molar-refractivity contribution in [3.63, 3.8) is 0 Å². The molecule has 2 bridgehead atoms. The molecule has 3 fully saturated rings. The summed E-state index contributed by atoms with van der Waals surface area (Å²) in [6, 6.07) is -0.475. The molecule has 5 nitrogen and oxygen atoms in total. The zero-order valence-electron chi connectivity index (χ0n) is 10.9. The van der Waals surface area contributed by atoms with Crippen LogP contribution in [0, 0.1) is 0 Å². The van der Waals surface area contributed by atoms with Crippen molar-refractivity contribution in [3.8, 4) is 0 Å². The number of β-lactam (4-membered cyclic amide) rings is 1. The Hall–Kier alpha value is 0.120. The Balaban J connectivity index is 2.27. The summed E-state index contributed by atoms with van der Waals surface area (Å²) in [5, 5.41) is 2.81. The van der Waals surface area contributed by atoms with Gasteiger partial charge in [-0.1, -0.05) is 11.6 Å². The first-order valence-corrected chi connectivity index (χ1v) is 8.12. The van der Waals surface area contributed by atoms with Crippen LogP contribution in [-0.2, 0) is 14.3 Å². The van der Waals surface area contributed by atoms with E-state index in [-0.39, 0.29) is 11.3 Å². The number of piperazine rings is 2. The van der Waals surface area contributed by atoms with E-state index in [4.69, 9.17) is 39.5 Å². The highest BCUT2D eigenvalue weighted by Gasteiger charge is 2.85. The van der Waals surface area contributed by atoms with Gasteiger partial charge in [0.15, 0.2) is 10.5 Å². The molecular formula is C11H13Cl3N2O3S. The van der Waals surface area contributed by atoms with Crippen LogP contribution in [0.3, 0.4) is 0 Å². The number of rotatable bonds is 2. The van der Waals surface area contributed by atoms with Crippen molar-refractivity contribution >= 4 is 58.4 Å². The lowest BCUT2D eigenvalue weighted by Gasteiger charge is -2.63. The van der Waals surface area contributed by atoms with E-state index >= 15 is 0 Å². The van der Waals surface area contributed by atoms with Crippen molar-refractivity contribution in [2.45, 2.75) is 45.4 Å². The molecule has 3 aliphatic heterocycles. The molecule has 1 N–H and O–H groups in total. The molecular weight excluding hydrogens is 347 g/mol. The molecule has 3 saturated heterocycles. The normalized spacial score (nSPS) is 44.5. The second-order valence-corrected chi connectivity index (χ2v) is 9.00. The van der Waals surface area contributed by atoms with Crippen LogP contribution < -0.4 is 5.32 Å². The van der Waals surface area contributed by atoms with Gasteiger partial charge in [-0.15, -0.1) is 35.0 Å². The molecule has 0 spiro atoms. The second kappa shape index (κ2) is 4.10. The van der Waals surface area contributed by atoms with Crippen LogP contribution in [-0.4, -0.2) is 55.4 Å². The summed E-state index contributed by atoms with van der Waals surface area (Å²) in [6.45, 7) is 3.69. The largest absolute Gasteiger partial charge is 0.467 e. The number of hydrogen-bond donors (Lipinski definition) is 1. The predicted molar refractivity (Wildman–Crippen MR) is 78.1 cm³/mol. The first kappa shape index (κ1) is 15.0. The molecule has 9 heteroatoms. The number of nitrogens with zero attached hydrogens (tertiary/aromatic N) is 1. The van der Waals surface area contributed by atoms with E-state index in [0.717, 1.165) is 0 Å². The average molecular weight is 360 g/mol. The lowest BCUT2D eigenvalue weighted by atomic mass is 9.71. The van der Waals surface area contributed by atoms with E-state index in [1.54, 1.807) is 0 Å². The van der Waals surface area contributed by atoms with Gasteiger partial charge < -0.3 is 9.64 Å². The van der Waals surface area contributed by atoms with Gasteiger partial charge in [0.2, 0.25) is 5.91 Å². The summed E-state index contributed by atoms with van der Waals surface area (Å²) < 4.78 is 4.26. The number of nitrogens with one attached hydrogen (secondary N) is 1. The summed E-state index contributed by atoms with van der Waals surface area (Å²) in [5.74, 6) is -0.790. The average Bonchev–Trinajstić information content (AvgIpc) is 2.57. The minimum Gasteiger partial charge on any atom is -0.467 e. The SMILES string of the molecule is COC(=O)C12N3C(=O)[C@H](NC1(Cl)C(Cl)Cl)[C@@H]3SC2(C)C. The zero-order valence-corrected chi connectivity index (χ0v) is 14.0. The maximum absolute atomic E-state index is 12.6. The molecule has 0 aliphatic carbocycles. The first-order chi connectivity index (χ1) is 9.15. The number of carbonyl (C=O) groups excluding carboxylic acids is 2. The van der Waals surface area contributed by atoms with E-state index in [1.807, 2.05) is 13.8 Å². The van der Waals surface area contributed by atoms with Gasteiger partial charge >= 0.3 is 5.97 Å². The highest BCUT2D eigenvalue weighted by Crippen LogP contribution is 2.66. The maximum atomic E-state index is 12.6. The Labute approximate surface area is 135 Å². The minimum absolute atomic E-state index is 0.157. The molecule has 3 rings (SSSR count). The molecule has 0 aromatic heterocycles. The zero-order chi connectivity index (χ0) is 15.1. The molecule has 4 atom stereocenters. The van der Waals surface area contributed by atoms with Gasteiger partial charge in [0.25, 0.3) is 0 Å². The van der Waals surface area contributed by atoms with E-state index in [2.05, 4.69) is 5.32 Å². The van der Waals surface area contributed by atoms with Crippen molar-refractivity contribution in [3.05, 3.63) is 0 Å². The predicted octanol–water partition coefficient (Wildman–Crippen LogP) is 1.30. The number of ether oxygens (including phenoxy) is 1. The number of esters is 1. The lowest BCUT2D eigenvalue weighted by molar-refractivity contribution is -0.189. The summed E-state index contributed by atoms with van der Waals surface area (Å²) in [5.41, 5.74) is -1.45. The fourth-order valence-corrected chi connectivity index (χ4v) is 6.38. The standard InChI is InChI=1S/C11H13Cl3N2O3S/c1-9(2)10(8(18)19-3)11(14,7(12)13)15-4-5(17)16(10)6(4)20-9/h4,6-7,15H,1-3H3/t4-,6-,10?,11?/m0/s1. The molecule has 112 valence electrons. The monoisotopic (exact) mass is 358 g/mol. The summed E-state index contributed by atoms with van der Waals surface area (Å²) >= 11 is 20.2. The fourth-order valence-electron chi connectivity index (χ4n) is 3.56. The van der Waals surface area contributed by atoms with Gasteiger partial charge in [0, 0.05) is 4.75 Å². The van der Waals surface area contributed by atoms with Crippen molar-refractivity contribution < 1.29 is 14.3 Å².